The van der Waals surface area contributed by atoms with Crippen LogP contribution in [0.3, 0.4) is 0 Å². The molecule has 0 aliphatic heterocycles. The highest BCUT2D eigenvalue weighted by Gasteiger charge is 2.19. The van der Waals surface area contributed by atoms with Crippen molar-refractivity contribution in [2.45, 2.75) is 290 Å². The van der Waals surface area contributed by atoms with Gasteiger partial charge in [0.15, 0.2) is 6.10 Å². The second-order valence-electron chi connectivity index (χ2n) is 18.5. The van der Waals surface area contributed by atoms with Gasteiger partial charge in [0.2, 0.25) is 0 Å². The van der Waals surface area contributed by atoms with Crippen LogP contribution in [0.2, 0.25) is 0 Å². The lowest BCUT2D eigenvalue weighted by atomic mass is 10.0. The molecule has 0 rings (SSSR count). The van der Waals surface area contributed by atoms with E-state index in [1.807, 2.05) is 0 Å². The predicted octanol–water partition coefficient (Wildman–Crippen LogP) is 18.3. The Morgan fingerprint density at radius 3 is 0.938 bits per heavy atom. The molecule has 0 bridgehead atoms. The normalized spacial score (nSPS) is 12.4. The van der Waals surface area contributed by atoms with E-state index in [-0.39, 0.29) is 37.5 Å². The molecule has 64 heavy (non-hydrogen) atoms. The summed E-state index contributed by atoms with van der Waals surface area (Å²) < 4.78 is 16.8. The first-order chi connectivity index (χ1) is 31.5. The summed E-state index contributed by atoms with van der Waals surface area (Å²) in [5, 5.41) is 0. The quantitative estimate of drug-likeness (QED) is 0.0262. The summed E-state index contributed by atoms with van der Waals surface area (Å²) in [5.41, 5.74) is 0. The average Bonchev–Trinajstić information content (AvgIpc) is 3.29. The number of rotatable bonds is 50. The van der Waals surface area contributed by atoms with Crippen molar-refractivity contribution in [3.8, 4) is 0 Å². The number of unbranched alkanes of at least 4 members (excludes halogenated alkanes) is 31. The topological polar surface area (TPSA) is 78.9 Å². The van der Waals surface area contributed by atoms with E-state index in [0.29, 0.717) is 19.3 Å². The summed E-state index contributed by atoms with van der Waals surface area (Å²) in [6, 6.07) is 0. The molecule has 0 unspecified atom stereocenters. The van der Waals surface area contributed by atoms with Crippen LogP contribution in [0, 0.1) is 0 Å². The lowest BCUT2D eigenvalue weighted by Gasteiger charge is -2.18. The monoisotopic (exact) mass is 897 g/mol. The minimum absolute atomic E-state index is 0.0858. The molecule has 0 fully saturated rings. The van der Waals surface area contributed by atoms with Crippen LogP contribution in [0.4, 0.5) is 0 Å². The maximum atomic E-state index is 12.8. The van der Waals surface area contributed by atoms with Crippen LogP contribution in [0.5, 0.6) is 0 Å². The maximum absolute atomic E-state index is 12.8. The molecule has 0 N–H and O–H groups in total. The SMILES string of the molecule is CCCCC/C=C/C/C=C/C/C=C/C/C=C/CCCC(=O)OC[C@@H](COC(=O)CCCCCCCCCCCCCCCC)OC(=O)CCCCCCCCCCCCCCCCC. The van der Waals surface area contributed by atoms with Gasteiger partial charge in [0.05, 0.1) is 0 Å². The zero-order valence-electron chi connectivity index (χ0n) is 42.6. The molecule has 6 nitrogen and oxygen atoms in total. The molecule has 1 atom stereocenters. The summed E-state index contributed by atoms with van der Waals surface area (Å²) in [6.45, 7) is 6.59. The van der Waals surface area contributed by atoms with Gasteiger partial charge in [0, 0.05) is 19.3 Å². The molecule has 0 saturated heterocycles. The van der Waals surface area contributed by atoms with Gasteiger partial charge < -0.3 is 14.2 Å². The van der Waals surface area contributed by atoms with Gasteiger partial charge in [-0.25, -0.2) is 0 Å². The van der Waals surface area contributed by atoms with Crippen LogP contribution in [0.15, 0.2) is 48.6 Å². The van der Waals surface area contributed by atoms with Crippen molar-refractivity contribution in [2.24, 2.45) is 0 Å². The van der Waals surface area contributed by atoms with Gasteiger partial charge in [-0.15, -0.1) is 0 Å². The van der Waals surface area contributed by atoms with Gasteiger partial charge in [0.1, 0.15) is 13.2 Å². The Morgan fingerprint density at radius 2 is 0.578 bits per heavy atom. The number of ether oxygens (including phenoxy) is 3. The molecule has 0 spiro atoms. The van der Waals surface area contributed by atoms with Crippen molar-refractivity contribution in [1.29, 1.82) is 0 Å². The third-order valence-corrected chi connectivity index (χ3v) is 12.1. The lowest BCUT2D eigenvalue weighted by Crippen LogP contribution is -2.30. The molecular weight excluding hydrogens is 793 g/mol. The highest BCUT2D eigenvalue weighted by Crippen LogP contribution is 2.16. The van der Waals surface area contributed by atoms with E-state index < -0.39 is 6.10 Å². The van der Waals surface area contributed by atoms with Crippen LogP contribution in [0.1, 0.15) is 284 Å². The molecule has 372 valence electrons. The van der Waals surface area contributed by atoms with E-state index in [1.54, 1.807) is 0 Å². The van der Waals surface area contributed by atoms with E-state index in [1.165, 1.54) is 173 Å². The smallest absolute Gasteiger partial charge is 0.306 e. The summed E-state index contributed by atoms with van der Waals surface area (Å²) in [7, 11) is 0. The summed E-state index contributed by atoms with van der Waals surface area (Å²) in [6.07, 6.45) is 63.8. The second kappa shape index (κ2) is 53.0. The predicted molar refractivity (Wildman–Crippen MR) is 275 cm³/mol. The van der Waals surface area contributed by atoms with Crippen LogP contribution < -0.4 is 0 Å². The zero-order valence-corrected chi connectivity index (χ0v) is 42.6. The number of esters is 3. The van der Waals surface area contributed by atoms with E-state index in [9.17, 15) is 14.4 Å². The van der Waals surface area contributed by atoms with Crippen molar-refractivity contribution in [2.75, 3.05) is 13.2 Å². The van der Waals surface area contributed by atoms with Crippen LogP contribution in [-0.4, -0.2) is 37.2 Å². The largest absolute Gasteiger partial charge is 0.462 e. The lowest BCUT2D eigenvalue weighted by molar-refractivity contribution is -0.167. The van der Waals surface area contributed by atoms with Crippen molar-refractivity contribution >= 4 is 17.9 Å². The highest BCUT2D eigenvalue weighted by atomic mass is 16.6. The molecule has 0 aliphatic rings. The van der Waals surface area contributed by atoms with Gasteiger partial charge >= 0.3 is 17.9 Å². The minimum Gasteiger partial charge on any atom is -0.462 e. The highest BCUT2D eigenvalue weighted by molar-refractivity contribution is 5.71. The molecule has 0 aromatic rings. The summed E-state index contributed by atoms with van der Waals surface area (Å²) >= 11 is 0. The van der Waals surface area contributed by atoms with Crippen molar-refractivity contribution in [3.05, 3.63) is 48.6 Å². The molecule has 0 radical (unpaired) electrons. The van der Waals surface area contributed by atoms with Gasteiger partial charge in [0.25, 0.3) is 0 Å². The van der Waals surface area contributed by atoms with E-state index in [2.05, 4.69) is 69.4 Å². The van der Waals surface area contributed by atoms with E-state index in [4.69, 9.17) is 14.2 Å². The number of hydrogen-bond acceptors (Lipinski definition) is 6. The Labute approximate surface area is 397 Å². The van der Waals surface area contributed by atoms with Crippen LogP contribution >= 0.6 is 0 Å². The Bertz CT molecular complexity index is 1120. The molecule has 0 saturated carbocycles. The summed E-state index contributed by atoms with van der Waals surface area (Å²) in [5.74, 6) is -0.930. The Kier molecular flexibility index (Phi) is 50.8. The molecule has 0 aromatic heterocycles. The Hall–Kier alpha value is -2.63. The van der Waals surface area contributed by atoms with Gasteiger partial charge in [-0.2, -0.15) is 0 Å². The van der Waals surface area contributed by atoms with E-state index in [0.717, 1.165) is 64.2 Å². The second-order valence-corrected chi connectivity index (χ2v) is 18.5. The Balaban J connectivity index is 4.43. The molecule has 6 heteroatoms. The van der Waals surface area contributed by atoms with Gasteiger partial charge in [-0.1, -0.05) is 256 Å². The first-order valence-electron chi connectivity index (χ1n) is 27.6. The number of carbonyl (C=O) groups excluding carboxylic acids is 3. The first-order valence-corrected chi connectivity index (χ1v) is 27.6. The molecule has 0 aromatic carbocycles. The fourth-order valence-electron chi connectivity index (χ4n) is 7.91. The summed E-state index contributed by atoms with van der Waals surface area (Å²) in [4.78, 5) is 38.0. The Morgan fingerprint density at radius 1 is 0.312 bits per heavy atom. The van der Waals surface area contributed by atoms with Gasteiger partial charge in [-0.3, -0.25) is 14.4 Å². The van der Waals surface area contributed by atoms with Crippen molar-refractivity contribution in [1.82, 2.24) is 0 Å². The maximum Gasteiger partial charge on any atom is 0.306 e. The van der Waals surface area contributed by atoms with Crippen LogP contribution in [-0.2, 0) is 28.6 Å². The minimum atomic E-state index is -0.790. The van der Waals surface area contributed by atoms with Gasteiger partial charge in [-0.05, 0) is 57.8 Å². The molecule has 0 aliphatic carbocycles. The fraction of sp³-hybridized carbons (Fsp3) is 0.810. The van der Waals surface area contributed by atoms with Crippen molar-refractivity contribution < 1.29 is 28.6 Å². The fourth-order valence-corrected chi connectivity index (χ4v) is 7.91. The zero-order chi connectivity index (χ0) is 46.5. The first kappa shape index (κ1) is 61.4. The van der Waals surface area contributed by atoms with E-state index >= 15 is 0 Å². The average molecular weight is 897 g/mol. The number of allylic oxidation sites excluding steroid dienone is 8. The third kappa shape index (κ3) is 50.4. The third-order valence-electron chi connectivity index (χ3n) is 12.1. The number of carbonyl (C=O) groups is 3. The number of hydrogen-bond donors (Lipinski definition) is 0. The molecular formula is C58H104O6. The van der Waals surface area contributed by atoms with Crippen molar-refractivity contribution in [3.63, 3.8) is 0 Å². The molecule has 0 heterocycles. The molecule has 0 amide bonds. The standard InChI is InChI=1S/C58H104O6/c1-4-7-10-13-16-19-22-25-28-29-31-33-36-39-42-45-48-51-57(60)63-54-55(53-62-56(59)50-47-44-41-38-35-32-27-24-21-18-15-12-9-6-3)64-58(61)52-49-46-43-40-37-34-30-26-23-20-17-14-11-8-5-2/h16,19,25,28,31,33,39,42,55H,4-15,17-18,20-24,26-27,29-30,32,34-38,40-41,43-54H2,1-3H3/b19-16+,28-25+,33-31+,42-39+/t55-/m1/s1. The van der Waals surface area contributed by atoms with Crippen LogP contribution in [0.25, 0.3) is 0 Å².